The maximum Gasteiger partial charge on any atom is 0.244 e. The highest BCUT2D eigenvalue weighted by atomic mass is 16.5. The normalized spacial score (nSPS) is 10.9. The van der Waals surface area contributed by atoms with Crippen molar-refractivity contribution in [3.8, 4) is 11.5 Å². The summed E-state index contributed by atoms with van der Waals surface area (Å²) < 4.78 is 13.0. The van der Waals surface area contributed by atoms with E-state index in [1.54, 1.807) is 17.9 Å². The van der Waals surface area contributed by atoms with Crippen LogP contribution in [0, 0.1) is 6.92 Å². The second-order valence-corrected chi connectivity index (χ2v) is 6.64. The number of methoxy groups -OCH3 is 1. The molecule has 150 valence electrons. The molecule has 0 fully saturated rings. The largest absolute Gasteiger partial charge is 0.496 e. The number of rotatable bonds is 8. The number of ether oxygens (including phenoxy) is 2. The molecule has 1 N–H and O–H groups in total. The van der Waals surface area contributed by atoms with Crippen LogP contribution in [0.4, 0.5) is 0 Å². The van der Waals surface area contributed by atoms with Gasteiger partial charge in [-0.25, -0.2) is 0 Å². The van der Waals surface area contributed by atoms with Crippen LogP contribution in [0.1, 0.15) is 22.4 Å². The van der Waals surface area contributed by atoms with Gasteiger partial charge in [0.1, 0.15) is 18.1 Å². The first-order valence-electron chi connectivity index (χ1n) is 9.35. The Morgan fingerprint density at radius 3 is 2.66 bits per heavy atom. The van der Waals surface area contributed by atoms with Crippen LogP contribution in [0.3, 0.4) is 0 Å². The maximum atomic E-state index is 12.2. The zero-order valence-electron chi connectivity index (χ0n) is 16.9. The predicted molar refractivity (Wildman–Crippen MR) is 113 cm³/mol. The molecule has 0 aliphatic carbocycles. The molecule has 29 heavy (non-hydrogen) atoms. The summed E-state index contributed by atoms with van der Waals surface area (Å²) in [4.78, 5) is 12.2. The molecule has 0 unspecified atom stereocenters. The Balaban J connectivity index is 1.62. The third-order valence-electron chi connectivity index (χ3n) is 4.44. The summed E-state index contributed by atoms with van der Waals surface area (Å²) in [6.45, 7) is 2.75. The first kappa shape index (κ1) is 20.2. The highest BCUT2D eigenvalue weighted by Crippen LogP contribution is 2.23. The van der Waals surface area contributed by atoms with Crippen LogP contribution in [0.2, 0.25) is 0 Å². The Bertz CT molecular complexity index is 994. The smallest absolute Gasteiger partial charge is 0.244 e. The molecule has 0 atom stereocenters. The molecule has 2 aromatic carbocycles. The first-order valence-corrected chi connectivity index (χ1v) is 9.35. The van der Waals surface area contributed by atoms with Crippen molar-refractivity contribution in [3.63, 3.8) is 0 Å². The van der Waals surface area contributed by atoms with E-state index in [9.17, 15) is 4.79 Å². The van der Waals surface area contributed by atoms with Gasteiger partial charge in [-0.05, 0) is 42.8 Å². The first-order chi connectivity index (χ1) is 14.0. The molecule has 0 saturated carbocycles. The number of carbonyl (C=O) groups is 1. The lowest BCUT2D eigenvalue weighted by Gasteiger charge is -2.11. The van der Waals surface area contributed by atoms with Crippen LogP contribution in [-0.4, -0.2) is 22.8 Å². The van der Waals surface area contributed by atoms with Gasteiger partial charge in [-0.1, -0.05) is 24.3 Å². The van der Waals surface area contributed by atoms with Gasteiger partial charge >= 0.3 is 0 Å². The monoisotopic (exact) mass is 391 g/mol. The van der Waals surface area contributed by atoms with E-state index in [0.717, 1.165) is 33.9 Å². The minimum Gasteiger partial charge on any atom is -0.496 e. The zero-order valence-corrected chi connectivity index (χ0v) is 16.9. The molecular weight excluding hydrogens is 366 g/mol. The summed E-state index contributed by atoms with van der Waals surface area (Å²) in [5, 5.41) is 7.15. The van der Waals surface area contributed by atoms with Crippen molar-refractivity contribution in [3.05, 3.63) is 83.2 Å². The maximum absolute atomic E-state index is 12.2. The number of amides is 1. The van der Waals surface area contributed by atoms with Crippen LogP contribution in [-0.2, 0) is 25.0 Å². The summed E-state index contributed by atoms with van der Waals surface area (Å²) in [6.07, 6.45) is 5.20. The minimum atomic E-state index is -0.161. The fraction of sp³-hybridized carbons (Fsp3) is 0.217. The number of benzene rings is 2. The van der Waals surface area contributed by atoms with Crippen LogP contribution in [0.5, 0.6) is 11.5 Å². The Morgan fingerprint density at radius 2 is 1.97 bits per heavy atom. The highest BCUT2D eigenvalue weighted by Gasteiger charge is 2.06. The van der Waals surface area contributed by atoms with E-state index < -0.39 is 0 Å². The minimum absolute atomic E-state index is 0.161. The van der Waals surface area contributed by atoms with Gasteiger partial charge in [0.25, 0.3) is 0 Å². The number of aromatic nitrogens is 2. The SMILES string of the molecule is COc1ccc(/C=C/C(=O)NCc2cn(C)nc2C)cc1COc1ccccc1. The van der Waals surface area contributed by atoms with Gasteiger partial charge < -0.3 is 14.8 Å². The summed E-state index contributed by atoms with van der Waals surface area (Å²) in [6, 6.07) is 15.3. The zero-order chi connectivity index (χ0) is 20.6. The average molecular weight is 391 g/mol. The van der Waals surface area contributed by atoms with Gasteiger partial charge in [-0.2, -0.15) is 5.10 Å². The second kappa shape index (κ2) is 9.59. The van der Waals surface area contributed by atoms with Gasteiger partial charge in [-0.3, -0.25) is 9.48 Å². The van der Waals surface area contributed by atoms with Crippen LogP contribution in [0.25, 0.3) is 6.08 Å². The Kier molecular flexibility index (Phi) is 6.68. The molecule has 0 bridgehead atoms. The van der Waals surface area contributed by atoms with Crippen molar-refractivity contribution in [1.82, 2.24) is 15.1 Å². The quantitative estimate of drug-likeness (QED) is 0.596. The van der Waals surface area contributed by atoms with Gasteiger partial charge in [0, 0.05) is 37.0 Å². The number of para-hydroxylation sites is 1. The number of aryl methyl sites for hydroxylation is 2. The Hall–Kier alpha value is -3.54. The predicted octanol–water partition coefficient (Wildman–Crippen LogP) is 3.65. The van der Waals surface area contributed by atoms with Crippen LogP contribution in [0.15, 0.2) is 60.8 Å². The topological polar surface area (TPSA) is 65.4 Å². The lowest BCUT2D eigenvalue weighted by molar-refractivity contribution is -0.116. The van der Waals surface area contributed by atoms with Gasteiger partial charge in [0.2, 0.25) is 5.91 Å². The number of hydrogen-bond acceptors (Lipinski definition) is 4. The van der Waals surface area contributed by atoms with E-state index in [4.69, 9.17) is 9.47 Å². The van der Waals surface area contributed by atoms with Crippen LogP contribution < -0.4 is 14.8 Å². The lowest BCUT2D eigenvalue weighted by Crippen LogP contribution is -2.20. The fourth-order valence-electron chi connectivity index (χ4n) is 2.93. The van der Waals surface area contributed by atoms with E-state index in [1.807, 2.05) is 68.7 Å². The third-order valence-corrected chi connectivity index (χ3v) is 4.44. The van der Waals surface area contributed by atoms with E-state index >= 15 is 0 Å². The molecule has 0 spiro atoms. The van der Waals surface area contributed by atoms with Crippen molar-refractivity contribution < 1.29 is 14.3 Å². The molecular formula is C23H25N3O3. The summed E-state index contributed by atoms with van der Waals surface area (Å²) in [5.74, 6) is 1.38. The summed E-state index contributed by atoms with van der Waals surface area (Å²) >= 11 is 0. The summed E-state index contributed by atoms with van der Waals surface area (Å²) in [5.41, 5.74) is 3.71. The number of nitrogens with zero attached hydrogens (tertiary/aromatic N) is 2. The van der Waals surface area contributed by atoms with Crippen LogP contribution >= 0.6 is 0 Å². The molecule has 0 aliphatic rings. The Labute approximate surface area is 170 Å². The average Bonchev–Trinajstić information content (AvgIpc) is 3.06. The van der Waals surface area contributed by atoms with Gasteiger partial charge in [-0.15, -0.1) is 0 Å². The molecule has 1 amide bonds. The van der Waals surface area contributed by atoms with Gasteiger partial charge in [0.05, 0.1) is 12.8 Å². The van der Waals surface area contributed by atoms with Gasteiger partial charge in [0.15, 0.2) is 0 Å². The van der Waals surface area contributed by atoms with E-state index in [2.05, 4.69) is 10.4 Å². The molecule has 0 saturated heterocycles. The second-order valence-electron chi connectivity index (χ2n) is 6.64. The van der Waals surface area contributed by atoms with E-state index in [1.165, 1.54) is 6.08 Å². The summed E-state index contributed by atoms with van der Waals surface area (Å²) in [7, 11) is 3.49. The number of hydrogen-bond donors (Lipinski definition) is 1. The van der Waals surface area contributed by atoms with E-state index in [0.29, 0.717) is 13.2 Å². The molecule has 1 heterocycles. The van der Waals surface area contributed by atoms with Crippen molar-refractivity contribution >= 4 is 12.0 Å². The molecule has 1 aromatic heterocycles. The van der Waals surface area contributed by atoms with Crippen molar-refractivity contribution in [1.29, 1.82) is 0 Å². The van der Waals surface area contributed by atoms with Crippen molar-refractivity contribution in [2.24, 2.45) is 7.05 Å². The molecule has 0 aliphatic heterocycles. The lowest BCUT2D eigenvalue weighted by atomic mass is 10.1. The fourth-order valence-corrected chi connectivity index (χ4v) is 2.93. The van der Waals surface area contributed by atoms with Crippen molar-refractivity contribution in [2.75, 3.05) is 7.11 Å². The van der Waals surface area contributed by atoms with E-state index in [-0.39, 0.29) is 5.91 Å². The molecule has 3 rings (SSSR count). The number of carbonyl (C=O) groups excluding carboxylic acids is 1. The molecule has 6 heteroatoms. The highest BCUT2D eigenvalue weighted by molar-refractivity contribution is 5.91. The number of nitrogens with one attached hydrogen (secondary N) is 1. The Morgan fingerprint density at radius 1 is 1.17 bits per heavy atom. The van der Waals surface area contributed by atoms with Crippen molar-refractivity contribution in [2.45, 2.75) is 20.1 Å². The molecule has 3 aromatic rings. The molecule has 6 nitrogen and oxygen atoms in total. The standard InChI is InChI=1S/C23H25N3O3/c1-17-20(15-26(2)25-17)14-24-23(27)12-10-18-9-11-22(28-3)19(13-18)16-29-21-7-5-4-6-8-21/h4-13,15H,14,16H2,1-3H3,(H,24,27)/b12-10+. The molecule has 0 radical (unpaired) electrons. The third kappa shape index (κ3) is 5.72.